The highest BCUT2D eigenvalue weighted by molar-refractivity contribution is 5.84. The van der Waals surface area contributed by atoms with Crippen molar-refractivity contribution in [2.75, 3.05) is 34.0 Å². The van der Waals surface area contributed by atoms with Gasteiger partial charge in [-0.3, -0.25) is 4.79 Å². The Kier molecular flexibility index (Phi) is 4.14. The summed E-state index contributed by atoms with van der Waals surface area (Å²) < 4.78 is 21.2. The van der Waals surface area contributed by atoms with E-state index in [0.717, 1.165) is 25.9 Å². The number of carbonyl (C=O) groups is 1. The van der Waals surface area contributed by atoms with Gasteiger partial charge in [0.15, 0.2) is 5.78 Å². The zero-order valence-electron chi connectivity index (χ0n) is 10.4. The highest BCUT2D eigenvalue weighted by Gasteiger charge is 2.44. The second kappa shape index (κ2) is 5.44. The Morgan fingerprint density at radius 2 is 2.12 bits per heavy atom. The van der Waals surface area contributed by atoms with Gasteiger partial charge in [-0.15, -0.1) is 0 Å². The third-order valence-corrected chi connectivity index (χ3v) is 3.62. The first kappa shape index (κ1) is 13.0. The van der Waals surface area contributed by atoms with Crippen molar-refractivity contribution < 1.29 is 23.7 Å². The molecule has 0 amide bonds. The minimum atomic E-state index is -0.752. The number of rotatable bonds is 4. The largest absolute Gasteiger partial charge is 0.378 e. The Hall–Kier alpha value is -0.490. The minimum absolute atomic E-state index is 0.0181. The molecule has 2 aliphatic rings. The summed E-state index contributed by atoms with van der Waals surface area (Å²) in [4.78, 5) is 12.2. The molecule has 5 nitrogen and oxygen atoms in total. The summed E-state index contributed by atoms with van der Waals surface area (Å²) in [5.74, 6) is -0.0278. The molecule has 5 heteroatoms. The maximum atomic E-state index is 12.2. The van der Waals surface area contributed by atoms with E-state index < -0.39 is 6.29 Å². The summed E-state index contributed by atoms with van der Waals surface area (Å²) >= 11 is 0. The van der Waals surface area contributed by atoms with Crippen LogP contribution in [0.3, 0.4) is 0 Å². The molecule has 2 aliphatic heterocycles. The van der Waals surface area contributed by atoms with Crippen LogP contribution in [0.25, 0.3) is 0 Å². The average molecular weight is 244 g/mol. The van der Waals surface area contributed by atoms with Crippen LogP contribution < -0.4 is 0 Å². The number of methoxy groups -OCH3 is 2. The van der Waals surface area contributed by atoms with Gasteiger partial charge in [-0.25, -0.2) is 0 Å². The molecule has 0 aromatic rings. The predicted octanol–water partition coefficient (Wildman–Crippen LogP) is 0.760. The van der Waals surface area contributed by atoms with Crippen LogP contribution in [0, 0.1) is 5.92 Å². The molecule has 0 N–H and O–H groups in total. The molecule has 0 bridgehead atoms. The Bertz CT molecular complexity index is 268. The van der Waals surface area contributed by atoms with Gasteiger partial charge < -0.3 is 18.9 Å². The second-order valence-electron chi connectivity index (χ2n) is 4.73. The molecule has 17 heavy (non-hydrogen) atoms. The smallest absolute Gasteiger partial charge is 0.217 e. The van der Waals surface area contributed by atoms with Gasteiger partial charge in [0.25, 0.3) is 0 Å². The number of ether oxygens (including phenoxy) is 4. The Labute approximate surface area is 101 Å². The molecule has 0 saturated carbocycles. The van der Waals surface area contributed by atoms with E-state index in [1.807, 2.05) is 0 Å². The lowest BCUT2D eigenvalue weighted by atomic mass is 9.82. The standard InChI is InChI=1S/C12H20O5/c1-14-11(15-2)10(13)9-3-5-17-12(7-9)4-6-16-8-12/h9,11H,3-8H2,1-2H3. The lowest BCUT2D eigenvalue weighted by Gasteiger charge is -2.37. The summed E-state index contributed by atoms with van der Waals surface area (Å²) in [6.45, 7) is 1.93. The third-order valence-electron chi connectivity index (χ3n) is 3.62. The Morgan fingerprint density at radius 3 is 2.71 bits per heavy atom. The minimum Gasteiger partial charge on any atom is -0.378 e. The van der Waals surface area contributed by atoms with Crippen LogP contribution in [-0.2, 0) is 23.7 Å². The van der Waals surface area contributed by atoms with Crippen LogP contribution in [0.2, 0.25) is 0 Å². The van der Waals surface area contributed by atoms with Crippen molar-refractivity contribution in [1.82, 2.24) is 0 Å². The summed E-state index contributed by atoms with van der Waals surface area (Å²) in [6, 6.07) is 0. The van der Waals surface area contributed by atoms with Crippen LogP contribution in [-0.4, -0.2) is 51.7 Å². The monoisotopic (exact) mass is 244 g/mol. The number of ketones is 1. The average Bonchev–Trinajstić information content (AvgIpc) is 2.78. The lowest BCUT2D eigenvalue weighted by Crippen LogP contribution is -2.45. The summed E-state index contributed by atoms with van der Waals surface area (Å²) in [5, 5.41) is 0. The molecule has 0 aromatic heterocycles. The van der Waals surface area contributed by atoms with Crippen LogP contribution in [0.5, 0.6) is 0 Å². The first-order valence-corrected chi connectivity index (χ1v) is 6.02. The lowest BCUT2D eigenvalue weighted by molar-refractivity contribution is -0.170. The first-order chi connectivity index (χ1) is 8.21. The van der Waals surface area contributed by atoms with Gasteiger partial charge in [0.05, 0.1) is 12.2 Å². The SMILES string of the molecule is COC(OC)C(=O)C1CCOC2(CCOC2)C1. The fourth-order valence-corrected chi connectivity index (χ4v) is 2.65. The summed E-state index contributed by atoms with van der Waals surface area (Å²) in [7, 11) is 2.97. The number of carbonyl (C=O) groups excluding carboxylic acids is 1. The van der Waals surface area contributed by atoms with Crippen LogP contribution in [0.1, 0.15) is 19.3 Å². The van der Waals surface area contributed by atoms with E-state index in [-0.39, 0.29) is 17.3 Å². The molecule has 2 rings (SSSR count). The number of hydrogen-bond donors (Lipinski definition) is 0. The van der Waals surface area contributed by atoms with E-state index in [0.29, 0.717) is 13.2 Å². The van der Waals surface area contributed by atoms with E-state index in [9.17, 15) is 4.79 Å². The van der Waals surface area contributed by atoms with Crippen LogP contribution in [0.4, 0.5) is 0 Å². The van der Waals surface area contributed by atoms with Gasteiger partial charge in [-0.05, 0) is 12.8 Å². The van der Waals surface area contributed by atoms with Crippen molar-refractivity contribution in [2.45, 2.75) is 31.2 Å². The van der Waals surface area contributed by atoms with Crippen molar-refractivity contribution in [3.63, 3.8) is 0 Å². The molecule has 2 atom stereocenters. The van der Waals surface area contributed by atoms with Gasteiger partial charge in [-0.1, -0.05) is 0 Å². The molecule has 0 radical (unpaired) electrons. The van der Waals surface area contributed by atoms with Crippen molar-refractivity contribution in [1.29, 1.82) is 0 Å². The Morgan fingerprint density at radius 1 is 1.35 bits per heavy atom. The Balaban J connectivity index is 1.99. The number of Topliss-reactive ketones (excluding diaryl/α,β-unsaturated/α-hetero) is 1. The van der Waals surface area contributed by atoms with E-state index in [1.54, 1.807) is 0 Å². The predicted molar refractivity (Wildman–Crippen MR) is 59.7 cm³/mol. The van der Waals surface area contributed by atoms with E-state index in [4.69, 9.17) is 18.9 Å². The summed E-state index contributed by atoms with van der Waals surface area (Å²) in [5.41, 5.74) is -0.245. The van der Waals surface area contributed by atoms with Gasteiger partial charge in [0.2, 0.25) is 6.29 Å². The maximum Gasteiger partial charge on any atom is 0.217 e. The molecule has 2 heterocycles. The molecule has 2 saturated heterocycles. The highest BCUT2D eigenvalue weighted by atomic mass is 16.7. The topological polar surface area (TPSA) is 54.0 Å². The van der Waals surface area contributed by atoms with E-state index in [2.05, 4.69) is 0 Å². The molecule has 2 unspecified atom stereocenters. The quantitative estimate of drug-likeness (QED) is 0.683. The van der Waals surface area contributed by atoms with Crippen molar-refractivity contribution >= 4 is 5.78 Å². The third kappa shape index (κ3) is 2.68. The zero-order chi connectivity index (χ0) is 12.3. The summed E-state index contributed by atoms with van der Waals surface area (Å²) in [6.07, 6.45) is 1.58. The van der Waals surface area contributed by atoms with E-state index >= 15 is 0 Å². The van der Waals surface area contributed by atoms with Crippen LogP contribution in [0.15, 0.2) is 0 Å². The molecular formula is C12H20O5. The molecular weight excluding hydrogens is 224 g/mol. The van der Waals surface area contributed by atoms with Crippen molar-refractivity contribution in [3.05, 3.63) is 0 Å². The first-order valence-electron chi connectivity index (χ1n) is 6.02. The highest BCUT2D eigenvalue weighted by Crippen LogP contribution is 2.36. The molecule has 98 valence electrons. The van der Waals surface area contributed by atoms with Gasteiger partial charge in [-0.2, -0.15) is 0 Å². The molecule has 1 spiro atoms. The van der Waals surface area contributed by atoms with E-state index in [1.165, 1.54) is 14.2 Å². The molecule has 2 fully saturated rings. The van der Waals surface area contributed by atoms with Crippen molar-refractivity contribution in [2.24, 2.45) is 5.92 Å². The van der Waals surface area contributed by atoms with Gasteiger partial charge in [0, 0.05) is 39.8 Å². The zero-order valence-corrected chi connectivity index (χ0v) is 10.4. The van der Waals surface area contributed by atoms with Gasteiger partial charge >= 0.3 is 0 Å². The van der Waals surface area contributed by atoms with Crippen LogP contribution >= 0.6 is 0 Å². The fraction of sp³-hybridized carbons (Fsp3) is 0.917. The number of hydrogen-bond acceptors (Lipinski definition) is 5. The van der Waals surface area contributed by atoms with Gasteiger partial charge in [0.1, 0.15) is 0 Å². The molecule has 0 aliphatic carbocycles. The maximum absolute atomic E-state index is 12.2. The fourth-order valence-electron chi connectivity index (χ4n) is 2.65. The second-order valence-corrected chi connectivity index (χ2v) is 4.73. The normalized spacial score (nSPS) is 33.5. The molecule has 0 aromatic carbocycles. The van der Waals surface area contributed by atoms with Crippen molar-refractivity contribution in [3.8, 4) is 0 Å².